The summed E-state index contributed by atoms with van der Waals surface area (Å²) in [6, 6.07) is 7.35. The largest absolute Gasteiger partial charge is 0.573 e. The summed E-state index contributed by atoms with van der Waals surface area (Å²) in [4.78, 5) is 17.3. The first kappa shape index (κ1) is 24.9. The number of nitrogens with zero attached hydrogens (tertiary/aromatic N) is 2. The number of hydrogen-bond acceptors (Lipinski definition) is 7. The highest BCUT2D eigenvalue weighted by Crippen LogP contribution is 2.31. The van der Waals surface area contributed by atoms with Gasteiger partial charge in [-0.2, -0.15) is 4.31 Å². The van der Waals surface area contributed by atoms with E-state index in [1.165, 1.54) is 47.7 Å². The fourth-order valence-corrected chi connectivity index (χ4v) is 7.27. The summed E-state index contributed by atoms with van der Waals surface area (Å²) in [6.07, 6.45) is -1.16. The topological polar surface area (TPSA) is 76.6 Å². The number of Topliss-reactive ketones (excluding diaryl/α,β-unsaturated/α-hetero) is 1. The molecule has 1 aliphatic heterocycles. The van der Waals surface area contributed by atoms with Gasteiger partial charge in [0.25, 0.3) is 10.0 Å². The van der Waals surface area contributed by atoms with E-state index in [4.69, 9.17) is 11.6 Å². The Morgan fingerprint density at radius 1 is 1.21 bits per heavy atom. The molecule has 0 aliphatic carbocycles. The summed E-state index contributed by atoms with van der Waals surface area (Å²) in [5, 5.41) is 2.40. The molecule has 0 N–H and O–H groups in total. The molecule has 2 aromatic heterocycles. The lowest BCUT2D eigenvalue weighted by Crippen LogP contribution is -2.40. The maximum atomic E-state index is 12.9. The van der Waals surface area contributed by atoms with Crippen molar-refractivity contribution in [1.29, 1.82) is 0 Å². The molecule has 0 fully saturated rings. The molecule has 0 unspecified atom stereocenters. The molecule has 0 spiro atoms. The van der Waals surface area contributed by atoms with Crippen molar-refractivity contribution in [2.45, 2.75) is 29.5 Å². The Bertz CT molecular complexity index is 1320. The number of carbonyl (C=O) groups is 1. The van der Waals surface area contributed by atoms with E-state index in [-0.39, 0.29) is 28.7 Å². The quantitative estimate of drug-likeness (QED) is 0.345. The minimum Gasteiger partial charge on any atom is -0.406 e. The molecule has 0 amide bonds. The second kappa shape index (κ2) is 9.78. The highest BCUT2D eigenvalue weighted by atomic mass is 35.5. The van der Waals surface area contributed by atoms with Crippen LogP contribution in [0.5, 0.6) is 5.75 Å². The van der Waals surface area contributed by atoms with Gasteiger partial charge in [0.1, 0.15) is 16.0 Å². The third kappa shape index (κ3) is 5.69. The Balaban J connectivity index is 1.38. The predicted molar refractivity (Wildman–Crippen MR) is 124 cm³/mol. The van der Waals surface area contributed by atoms with Gasteiger partial charge in [0, 0.05) is 30.3 Å². The number of thiophene rings is 1. The van der Waals surface area contributed by atoms with Crippen molar-refractivity contribution in [3.05, 3.63) is 63.3 Å². The van der Waals surface area contributed by atoms with Crippen LogP contribution >= 0.6 is 34.3 Å². The van der Waals surface area contributed by atoms with Gasteiger partial charge in [-0.25, -0.2) is 13.4 Å². The van der Waals surface area contributed by atoms with Crippen LogP contribution in [0.2, 0.25) is 4.34 Å². The van der Waals surface area contributed by atoms with Crippen LogP contribution in [0, 0.1) is 0 Å². The van der Waals surface area contributed by atoms with E-state index in [2.05, 4.69) is 9.72 Å². The fourth-order valence-electron chi connectivity index (χ4n) is 3.33. The van der Waals surface area contributed by atoms with Crippen LogP contribution in [0.25, 0.3) is 11.3 Å². The first-order chi connectivity index (χ1) is 16.0. The maximum absolute atomic E-state index is 12.9. The monoisotopic (exact) mass is 548 g/mol. The summed E-state index contributed by atoms with van der Waals surface area (Å²) in [5.41, 5.74) is 1.17. The molecule has 0 saturated carbocycles. The van der Waals surface area contributed by atoms with E-state index < -0.39 is 22.4 Å². The number of rotatable bonds is 8. The average Bonchev–Trinajstić information content (AvgIpc) is 3.52. The van der Waals surface area contributed by atoms with Gasteiger partial charge < -0.3 is 4.74 Å². The lowest BCUT2D eigenvalue weighted by molar-refractivity contribution is -0.274. The van der Waals surface area contributed by atoms with Gasteiger partial charge in [-0.1, -0.05) is 23.8 Å². The van der Waals surface area contributed by atoms with Crippen molar-refractivity contribution in [1.82, 2.24) is 9.29 Å². The standard InChI is InChI=1S/C21H16ClF3N2O4S3/c22-18-8-10-20(33-18)34(29,30)27-11-1-2-16(27)17(28)7-9-19-26-15(12-32-19)13-3-5-14(6-4-13)31-21(23,24)25/h1-6,8,10,12,16H,7,9,11H2/t16-/m0/s1. The van der Waals surface area contributed by atoms with Crippen molar-refractivity contribution in [3.63, 3.8) is 0 Å². The number of hydrogen-bond donors (Lipinski definition) is 0. The molecule has 0 saturated heterocycles. The van der Waals surface area contributed by atoms with E-state index in [1.807, 2.05) is 0 Å². The second-order valence-corrected chi connectivity index (χ2v) is 11.9. The molecule has 1 aliphatic rings. The normalized spacial score (nSPS) is 16.8. The van der Waals surface area contributed by atoms with Crippen LogP contribution in [0.3, 0.4) is 0 Å². The summed E-state index contributed by atoms with van der Waals surface area (Å²) < 4.78 is 68.1. The van der Waals surface area contributed by atoms with E-state index >= 15 is 0 Å². The number of benzene rings is 1. The van der Waals surface area contributed by atoms with Crippen molar-refractivity contribution in [2.24, 2.45) is 0 Å². The van der Waals surface area contributed by atoms with Crippen LogP contribution < -0.4 is 4.74 Å². The Kier molecular flexibility index (Phi) is 7.15. The average molecular weight is 549 g/mol. The van der Waals surface area contributed by atoms with Crippen molar-refractivity contribution >= 4 is 50.1 Å². The molecule has 13 heteroatoms. The van der Waals surface area contributed by atoms with Gasteiger partial charge in [0.15, 0.2) is 5.78 Å². The number of thiazole rings is 1. The number of halogens is 4. The van der Waals surface area contributed by atoms with Crippen molar-refractivity contribution < 1.29 is 31.1 Å². The number of carbonyl (C=O) groups excluding carboxylic acids is 1. The number of ether oxygens (including phenoxy) is 1. The summed E-state index contributed by atoms with van der Waals surface area (Å²) >= 11 is 8.11. The van der Waals surface area contributed by atoms with Crippen LogP contribution in [0.15, 0.2) is 58.1 Å². The zero-order valence-corrected chi connectivity index (χ0v) is 20.4. The SMILES string of the molecule is O=C(CCc1nc(-c2ccc(OC(F)(F)F)cc2)cs1)[C@@H]1C=CCN1S(=O)(=O)c1ccc(Cl)s1. The number of alkyl halides is 3. The third-order valence-electron chi connectivity index (χ3n) is 4.88. The highest BCUT2D eigenvalue weighted by Gasteiger charge is 2.37. The van der Waals surface area contributed by atoms with Crippen molar-refractivity contribution in [2.75, 3.05) is 6.54 Å². The molecule has 4 rings (SSSR count). The van der Waals surface area contributed by atoms with E-state index in [1.54, 1.807) is 17.5 Å². The van der Waals surface area contributed by atoms with Gasteiger partial charge in [0.05, 0.1) is 15.0 Å². The Labute approximate surface area is 206 Å². The van der Waals surface area contributed by atoms with E-state index in [0.29, 0.717) is 27.0 Å². The number of aromatic nitrogens is 1. The number of ketones is 1. The molecule has 0 bridgehead atoms. The molecule has 6 nitrogen and oxygen atoms in total. The fraction of sp³-hybridized carbons (Fsp3) is 0.238. The van der Waals surface area contributed by atoms with Crippen LogP contribution in [-0.2, 0) is 21.2 Å². The molecule has 0 radical (unpaired) electrons. The lowest BCUT2D eigenvalue weighted by atomic mass is 10.1. The lowest BCUT2D eigenvalue weighted by Gasteiger charge is -2.22. The van der Waals surface area contributed by atoms with Gasteiger partial charge in [-0.05, 0) is 36.4 Å². The zero-order chi connectivity index (χ0) is 24.5. The minimum atomic E-state index is -4.76. The van der Waals surface area contributed by atoms with Gasteiger partial charge in [0.2, 0.25) is 0 Å². The third-order valence-corrected chi connectivity index (χ3v) is 9.33. The molecule has 180 valence electrons. The molecule has 3 heterocycles. The molecule has 3 aromatic rings. The zero-order valence-electron chi connectivity index (χ0n) is 17.2. The number of sulfonamides is 1. The minimum absolute atomic E-state index is 0.0789. The Morgan fingerprint density at radius 2 is 1.94 bits per heavy atom. The molecular formula is C21H16ClF3N2O4S3. The molecule has 1 atom stereocenters. The second-order valence-electron chi connectivity index (χ2n) is 7.17. The summed E-state index contributed by atoms with van der Waals surface area (Å²) in [7, 11) is -3.85. The molecule has 1 aromatic carbocycles. The van der Waals surface area contributed by atoms with E-state index in [9.17, 15) is 26.4 Å². The van der Waals surface area contributed by atoms with Crippen molar-refractivity contribution in [3.8, 4) is 17.0 Å². The maximum Gasteiger partial charge on any atom is 0.573 e. The van der Waals surface area contributed by atoms with Crippen LogP contribution in [0.4, 0.5) is 13.2 Å². The number of aryl methyl sites for hydroxylation is 1. The van der Waals surface area contributed by atoms with Gasteiger partial charge in [-0.3, -0.25) is 4.79 Å². The molecule has 34 heavy (non-hydrogen) atoms. The Morgan fingerprint density at radius 3 is 2.59 bits per heavy atom. The smallest absolute Gasteiger partial charge is 0.406 e. The first-order valence-corrected chi connectivity index (χ1v) is 13.3. The predicted octanol–water partition coefficient (Wildman–Crippen LogP) is 5.55. The van der Waals surface area contributed by atoms with Crippen LogP contribution in [-0.4, -0.2) is 42.4 Å². The first-order valence-electron chi connectivity index (χ1n) is 9.80. The Hall–Kier alpha value is -2.25. The van der Waals surface area contributed by atoms with Gasteiger partial charge in [-0.15, -0.1) is 35.8 Å². The summed E-state index contributed by atoms with van der Waals surface area (Å²) in [6.45, 7) is 0.101. The molecular weight excluding hydrogens is 533 g/mol. The highest BCUT2D eigenvalue weighted by molar-refractivity contribution is 7.91. The summed E-state index contributed by atoms with van der Waals surface area (Å²) in [5.74, 6) is -0.586. The van der Waals surface area contributed by atoms with Crippen LogP contribution in [0.1, 0.15) is 11.4 Å². The van der Waals surface area contributed by atoms with E-state index in [0.717, 1.165) is 15.6 Å². The van der Waals surface area contributed by atoms with Gasteiger partial charge >= 0.3 is 6.36 Å².